The third kappa shape index (κ3) is 5.62. The van der Waals surface area contributed by atoms with Gasteiger partial charge >= 0.3 is 0 Å². The molecule has 0 aromatic heterocycles. The Hall–Kier alpha value is -3.37. The van der Waals surface area contributed by atoms with Crippen molar-refractivity contribution in [3.05, 3.63) is 114 Å². The summed E-state index contributed by atoms with van der Waals surface area (Å²) in [6, 6.07) is 31.5. The molecule has 4 aromatic carbocycles. The van der Waals surface area contributed by atoms with Crippen molar-refractivity contribution in [2.45, 2.75) is 23.1 Å². The second-order valence-corrected chi connectivity index (χ2v) is 8.45. The normalized spacial score (nSPS) is 11.7. The zero-order valence-corrected chi connectivity index (χ0v) is 17.8. The SMILES string of the molecule is O=C[C@H](Cc1ccccc1)NC(=O)c1ccc(CSc2ccc3ccccc3c2)cc1. The Labute approximate surface area is 186 Å². The van der Waals surface area contributed by atoms with Gasteiger partial charge in [-0.3, -0.25) is 4.79 Å². The minimum atomic E-state index is -0.543. The van der Waals surface area contributed by atoms with Crippen LogP contribution in [-0.4, -0.2) is 18.2 Å². The van der Waals surface area contributed by atoms with Crippen molar-refractivity contribution in [3.8, 4) is 0 Å². The van der Waals surface area contributed by atoms with E-state index in [1.165, 1.54) is 15.7 Å². The van der Waals surface area contributed by atoms with Gasteiger partial charge in [-0.15, -0.1) is 11.8 Å². The number of benzene rings is 4. The number of thioether (sulfide) groups is 1. The van der Waals surface area contributed by atoms with Gasteiger partial charge in [0.15, 0.2) is 0 Å². The van der Waals surface area contributed by atoms with Crippen LogP contribution in [0.15, 0.2) is 102 Å². The molecule has 154 valence electrons. The first kappa shape index (κ1) is 20.9. The van der Waals surface area contributed by atoms with Crippen molar-refractivity contribution < 1.29 is 9.59 Å². The van der Waals surface area contributed by atoms with Crippen LogP contribution in [0.4, 0.5) is 0 Å². The van der Waals surface area contributed by atoms with Gasteiger partial charge in [-0.1, -0.05) is 72.8 Å². The third-order valence-electron chi connectivity index (χ3n) is 5.12. The van der Waals surface area contributed by atoms with Crippen molar-refractivity contribution in [2.24, 2.45) is 0 Å². The van der Waals surface area contributed by atoms with Gasteiger partial charge in [-0.05, 0) is 52.6 Å². The number of hydrogen-bond donors (Lipinski definition) is 1. The standard InChI is InChI=1S/C27H23NO2S/c29-18-25(16-20-6-2-1-3-7-20)28-27(30)23-12-10-21(11-13-23)19-31-26-15-14-22-8-4-5-9-24(22)17-26/h1-15,17-18,25H,16,19H2,(H,28,30)/t25-/m0/s1. The lowest BCUT2D eigenvalue weighted by Gasteiger charge is -2.13. The molecule has 3 nitrogen and oxygen atoms in total. The molecule has 1 amide bonds. The van der Waals surface area contributed by atoms with Crippen LogP contribution in [0.3, 0.4) is 0 Å². The van der Waals surface area contributed by atoms with E-state index in [-0.39, 0.29) is 5.91 Å². The maximum absolute atomic E-state index is 12.5. The second kappa shape index (κ2) is 10.1. The van der Waals surface area contributed by atoms with Crippen molar-refractivity contribution in [3.63, 3.8) is 0 Å². The Morgan fingerprint density at radius 2 is 1.52 bits per heavy atom. The fourth-order valence-electron chi connectivity index (χ4n) is 3.43. The summed E-state index contributed by atoms with van der Waals surface area (Å²) in [5, 5.41) is 5.29. The first-order valence-corrected chi connectivity index (χ1v) is 11.2. The zero-order valence-electron chi connectivity index (χ0n) is 17.0. The van der Waals surface area contributed by atoms with Crippen molar-refractivity contribution in [2.75, 3.05) is 0 Å². The Balaban J connectivity index is 1.34. The number of fused-ring (bicyclic) bond motifs is 1. The molecule has 0 aliphatic heterocycles. The number of carbonyl (C=O) groups excluding carboxylic acids is 2. The Kier molecular flexibility index (Phi) is 6.80. The van der Waals surface area contributed by atoms with Crippen molar-refractivity contribution in [1.82, 2.24) is 5.32 Å². The molecule has 0 saturated heterocycles. The number of nitrogens with one attached hydrogen (secondary N) is 1. The van der Waals surface area contributed by atoms with Gasteiger partial charge in [0.25, 0.3) is 5.91 Å². The fraction of sp³-hybridized carbons (Fsp3) is 0.111. The predicted octanol–water partition coefficient (Wildman–Crippen LogP) is 5.67. The van der Waals surface area contributed by atoms with Crippen LogP contribution in [0.25, 0.3) is 10.8 Å². The summed E-state index contributed by atoms with van der Waals surface area (Å²) >= 11 is 1.77. The Bertz CT molecular complexity index is 1170. The van der Waals surface area contributed by atoms with Gasteiger partial charge in [-0.25, -0.2) is 0 Å². The summed E-state index contributed by atoms with van der Waals surface area (Å²) in [6.07, 6.45) is 1.27. The molecule has 0 radical (unpaired) electrons. The van der Waals surface area contributed by atoms with Gasteiger partial charge < -0.3 is 10.1 Å². The lowest BCUT2D eigenvalue weighted by molar-refractivity contribution is -0.109. The van der Waals surface area contributed by atoms with Gasteiger partial charge in [0.2, 0.25) is 0 Å². The van der Waals surface area contributed by atoms with Gasteiger partial charge in [0, 0.05) is 16.2 Å². The minimum Gasteiger partial charge on any atom is -0.342 e. The second-order valence-electron chi connectivity index (χ2n) is 7.40. The molecule has 0 heterocycles. The number of aldehydes is 1. The summed E-state index contributed by atoms with van der Waals surface area (Å²) in [5.41, 5.74) is 2.71. The lowest BCUT2D eigenvalue weighted by atomic mass is 10.1. The monoisotopic (exact) mass is 425 g/mol. The van der Waals surface area contributed by atoms with Crippen LogP contribution >= 0.6 is 11.8 Å². The van der Waals surface area contributed by atoms with Gasteiger partial charge in [-0.2, -0.15) is 0 Å². The minimum absolute atomic E-state index is 0.234. The van der Waals surface area contributed by atoms with E-state index in [0.29, 0.717) is 12.0 Å². The topological polar surface area (TPSA) is 46.2 Å². The van der Waals surface area contributed by atoms with E-state index in [1.807, 2.05) is 60.7 Å². The molecule has 0 fully saturated rings. The van der Waals surface area contributed by atoms with E-state index in [2.05, 4.69) is 41.7 Å². The summed E-state index contributed by atoms with van der Waals surface area (Å²) in [5.74, 6) is 0.590. The Morgan fingerprint density at radius 3 is 2.26 bits per heavy atom. The molecule has 0 unspecified atom stereocenters. The van der Waals surface area contributed by atoms with E-state index in [0.717, 1.165) is 23.2 Å². The predicted molar refractivity (Wildman–Crippen MR) is 127 cm³/mol. The molecule has 1 atom stereocenters. The van der Waals surface area contributed by atoms with Crippen LogP contribution in [0.2, 0.25) is 0 Å². The highest BCUT2D eigenvalue weighted by Crippen LogP contribution is 2.26. The lowest BCUT2D eigenvalue weighted by Crippen LogP contribution is -2.37. The third-order valence-corrected chi connectivity index (χ3v) is 6.19. The number of rotatable bonds is 8. The first-order valence-electron chi connectivity index (χ1n) is 10.2. The molecule has 0 aliphatic carbocycles. The molecule has 1 N–H and O–H groups in total. The highest BCUT2D eigenvalue weighted by Gasteiger charge is 2.13. The summed E-state index contributed by atoms with van der Waals surface area (Å²) in [6.45, 7) is 0. The largest absolute Gasteiger partial charge is 0.342 e. The quantitative estimate of drug-likeness (QED) is 0.292. The molecule has 4 rings (SSSR count). The highest BCUT2D eigenvalue weighted by atomic mass is 32.2. The van der Waals surface area contributed by atoms with Crippen molar-refractivity contribution in [1.29, 1.82) is 0 Å². The number of amides is 1. The van der Waals surface area contributed by atoms with E-state index in [1.54, 1.807) is 11.8 Å². The first-order chi connectivity index (χ1) is 15.2. The molecule has 0 aliphatic rings. The number of carbonyl (C=O) groups is 2. The zero-order chi connectivity index (χ0) is 21.5. The molecule has 0 saturated carbocycles. The smallest absolute Gasteiger partial charge is 0.251 e. The van der Waals surface area contributed by atoms with Crippen LogP contribution in [-0.2, 0) is 17.0 Å². The average Bonchev–Trinajstić information content (AvgIpc) is 2.83. The molecule has 0 bridgehead atoms. The van der Waals surface area contributed by atoms with Crippen LogP contribution < -0.4 is 5.32 Å². The summed E-state index contributed by atoms with van der Waals surface area (Å²) in [7, 11) is 0. The maximum Gasteiger partial charge on any atom is 0.251 e. The molecule has 0 spiro atoms. The highest BCUT2D eigenvalue weighted by molar-refractivity contribution is 7.98. The molecule has 4 aromatic rings. The fourth-order valence-corrected chi connectivity index (χ4v) is 4.33. The van der Waals surface area contributed by atoms with E-state index >= 15 is 0 Å². The molecular weight excluding hydrogens is 402 g/mol. The van der Waals surface area contributed by atoms with Crippen LogP contribution in [0.1, 0.15) is 21.5 Å². The molecule has 31 heavy (non-hydrogen) atoms. The summed E-state index contributed by atoms with van der Waals surface area (Å²) in [4.78, 5) is 25.2. The van der Waals surface area contributed by atoms with E-state index in [9.17, 15) is 9.59 Å². The average molecular weight is 426 g/mol. The maximum atomic E-state index is 12.5. The van der Waals surface area contributed by atoms with Gasteiger partial charge in [0.1, 0.15) is 6.29 Å². The summed E-state index contributed by atoms with van der Waals surface area (Å²) < 4.78 is 0. The van der Waals surface area contributed by atoms with Crippen molar-refractivity contribution >= 4 is 34.7 Å². The van der Waals surface area contributed by atoms with E-state index in [4.69, 9.17) is 0 Å². The molecular formula is C27H23NO2S. The van der Waals surface area contributed by atoms with Crippen LogP contribution in [0, 0.1) is 0 Å². The Morgan fingerprint density at radius 1 is 0.806 bits per heavy atom. The van der Waals surface area contributed by atoms with Gasteiger partial charge in [0.05, 0.1) is 6.04 Å². The van der Waals surface area contributed by atoms with Crippen LogP contribution in [0.5, 0.6) is 0 Å². The van der Waals surface area contributed by atoms with E-state index < -0.39 is 6.04 Å². The number of hydrogen-bond acceptors (Lipinski definition) is 3. The molecule has 4 heteroatoms.